The number of nitrogens with zero attached hydrogens (tertiary/aromatic N) is 1. The third kappa shape index (κ3) is 3.40. The van der Waals surface area contributed by atoms with E-state index < -0.39 is 24.1 Å². The number of amides is 2. The minimum absolute atomic E-state index is 0.00510. The zero-order valence-electron chi connectivity index (χ0n) is 11.1. The first-order valence-electron chi connectivity index (χ1n) is 6.23. The molecule has 2 rings (SSSR count). The van der Waals surface area contributed by atoms with E-state index in [2.05, 4.69) is 5.32 Å². The Hall–Kier alpha value is -1.50. The Morgan fingerprint density at radius 3 is 2.62 bits per heavy atom. The highest BCUT2D eigenvalue weighted by molar-refractivity contribution is 6.36. The van der Waals surface area contributed by atoms with Crippen molar-refractivity contribution in [1.29, 1.82) is 0 Å². The van der Waals surface area contributed by atoms with Crippen molar-refractivity contribution < 1.29 is 19.8 Å². The summed E-state index contributed by atoms with van der Waals surface area (Å²) in [5, 5.41) is 21.9. The SMILES string of the molecule is Cc1cc(Cl)c(NC(=O)N2C[C@H](O)C[C@@H]2C(=O)O)cc1Cl. The fraction of sp³-hybridized carbons (Fsp3) is 0.385. The molecule has 1 aromatic rings. The Labute approximate surface area is 131 Å². The van der Waals surface area contributed by atoms with Gasteiger partial charge in [0.1, 0.15) is 6.04 Å². The van der Waals surface area contributed by atoms with Gasteiger partial charge in [-0.25, -0.2) is 9.59 Å². The molecular weight excluding hydrogens is 319 g/mol. The number of benzene rings is 1. The summed E-state index contributed by atoms with van der Waals surface area (Å²) < 4.78 is 0. The molecule has 0 aromatic heterocycles. The monoisotopic (exact) mass is 332 g/mol. The summed E-state index contributed by atoms with van der Waals surface area (Å²) in [5.74, 6) is -1.16. The lowest BCUT2D eigenvalue weighted by molar-refractivity contribution is -0.141. The second-order valence-electron chi connectivity index (χ2n) is 4.91. The Kier molecular flexibility index (Phi) is 4.61. The van der Waals surface area contributed by atoms with Crippen LogP contribution < -0.4 is 5.32 Å². The Morgan fingerprint density at radius 1 is 1.33 bits per heavy atom. The highest BCUT2D eigenvalue weighted by atomic mass is 35.5. The van der Waals surface area contributed by atoms with E-state index in [0.29, 0.717) is 15.7 Å². The van der Waals surface area contributed by atoms with Gasteiger partial charge >= 0.3 is 12.0 Å². The van der Waals surface area contributed by atoms with Crippen LogP contribution in [0.25, 0.3) is 0 Å². The minimum atomic E-state index is -1.16. The third-order valence-electron chi connectivity index (χ3n) is 3.31. The lowest BCUT2D eigenvalue weighted by Gasteiger charge is -2.22. The van der Waals surface area contributed by atoms with Crippen LogP contribution in [0.4, 0.5) is 10.5 Å². The standard InChI is InChI=1S/C13H14Cl2N2O4/c1-6-2-9(15)10(4-8(6)14)16-13(21)17-5-7(18)3-11(17)12(19)20/h2,4,7,11,18H,3,5H2,1H3,(H,16,21)(H,19,20)/t7-,11-/m1/s1. The number of carbonyl (C=O) groups excluding carboxylic acids is 1. The fourth-order valence-electron chi connectivity index (χ4n) is 2.20. The van der Waals surface area contributed by atoms with Crippen molar-refractivity contribution in [2.75, 3.05) is 11.9 Å². The van der Waals surface area contributed by atoms with Gasteiger partial charge in [-0.1, -0.05) is 23.2 Å². The highest BCUT2D eigenvalue weighted by Gasteiger charge is 2.39. The number of hydrogen-bond donors (Lipinski definition) is 3. The van der Waals surface area contributed by atoms with Crippen LogP contribution in [-0.4, -0.2) is 45.8 Å². The summed E-state index contributed by atoms with van der Waals surface area (Å²) in [6.07, 6.45) is -0.848. The number of likely N-dealkylation sites (tertiary alicyclic amines) is 1. The summed E-state index contributed by atoms with van der Waals surface area (Å²) in [6, 6.07) is 1.41. The molecule has 0 radical (unpaired) electrons. The van der Waals surface area contributed by atoms with E-state index in [4.69, 9.17) is 28.3 Å². The largest absolute Gasteiger partial charge is 0.480 e. The Bertz CT molecular complexity index is 594. The molecule has 2 atom stereocenters. The van der Waals surface area contributed by atoms with Gasteiger partial charge in [0.25, 0.3) is 0 Å². The second-order valence-corrected chi connectivity index (χ2v) is 5.72. The number of carboxylic acids is 1. The van der Waals surface area contributed by atoms with Crippen LogP contribution in [0.5, 0.6) is 0 Å². The smallest absolute Gasteiger partial charge is 0.326 e. The van der Waals surface area contributed by atoms with Gasteiger partial charge in [0.2, 0.25) is 0 Å². The summed E-state index contributed by atoms with van der Waals surface area (Å²) >= 11 is 12.0. The molecule has 1 aromatic carbocycles. The molecule has 0 unspecified atom stereocenters. The van der Waals surface area contributed by atoms with Crippen LogP contribution in [0.2, 0.25) is 10.0 Å². The van der Waals surface area contributed by atoms with Crippen molar-refractivity contribution in [3.05, 3.63) is 27.7 Å². The van der Waals surface area contributed by atoms with Gasteiger partial charge in [-0.05, 0) is 24.6 Å². The van der Waals surface area contributed by atoms with Crippen molar-refractivity contribution in [3.63, 3.8) is 0 Å². The summed E-state index contributed by atoms with van der Waals surface area (Å²) in [5.41, 5.74) is 1.06. The first kappa shape index (κ1) is 15.9. The number of carboxylic acid groups (broad SMARTS) is 1. The van der Waals surface area contributed by atoms with E-state index >= 15 is 0 Å². The number of aliphatic hydroxyl groups excluding tert-OH is 1. The van der Waals surface area contributed by atoms with Crippen LogP contribution in [-0.2, 0) is 4.79 Å². The average molecular weight is 333 g/mol. The number of urea groups is 1. The zero-order chi connectivity index (χ0) is 15.7. The third-order valence-corrected chi connectivity index (χ3v) is 4.03. The van der Waals surface area contributed by atoms with Crippen LogP contribution in [0.1, 0.15) is 12.0 Å². The van der Waals surface area contributed by atoms with Crippen molar-refractivity contribution in [1.82, 2.24) is 4.90 Å². The van der Waals surface area contributed by atoms with Gasteiger partial charge < -0.3 is 20.4 Å². The predicted octanol–water partition coefficient (Wildman–Crippen LogP) is 2.35. The fourth-order valence-corrected chi connectivity index (χ4v) is 2.63. The van der Waals surface area contributed by atoms with Gasteiger partial charge in [0.05, 0.1) is 16.8 Å². The van der Waals surface area contributed by atoms with Crippen LogP contribution >= 0.6 is 23.2 Å². The molecule has 1 aliphatic rings. The number of aliphatic hydroxyl groups is 1. The number of halogens is 2. The van der Waals surface area contributed by atoms with Gasteiger partial charge in [-0.3, -0.25) is 0 Å². The molecule has 1 fully saturated rings. The number of aryl methyl sites for hydroxylation is 1. The molecule has 1 heterocycles. The predicted molar refractivity (Wildman–Crippen MR) is 79.0 cm³/mol. The minimum Gasteiger partial charge on any atom is -0.480 e. The number of β-amino-alcohol motifs (C(OH)–C–C–N with tert-alkyl or cyclic N) is 1. The normalized spacial score (nSPS) is 21.4. The lowest BCUT2D eigenvalue weighted by Crippen LogP contribution is -2.43. The van der Waals surface area contributed by atoms with Crippen LogP contribution in [0.3, 0.4) is 0 Å². The van der Waals surface area contributed by atoms with Crippen molar-refractivity contribution >= 4 is 40.9 Å². The molecule has 3 N–H and O–H groups in total. The van der Waals surface area contributed by atoms with E-state index in [-0.39, 0.29) is 13.0 Å². The van der Waals surface area contributed by atoms with E-state index in [1.54, 1.807) is 13.0 Å². The van der Waals surface area contributed by atoms with E-state index in [1.165, 1.54) is 6.07 Å². The first-order valence-corrected chi connectivity index (χ1v) is 6.99. The van der Waals surface area contributed by atoms with Gasteiger partial charge in [-0.2, -0.15) is 0 Å². The van der Waals surface area contributed by atoms with Crippen molar-refractivity contribution in [2.45, 2.75) is 25.5 Å². The first-order chi connectivity index (χ1) is 9.79. The van der Waals surface area contributed by atoms with Gasteiger partial charge in [0.15, 0.2) is 0 Å². The van der Waals surface area contributed by atoms with Crippen LogP contribution in [0.15, 0.2) is 12.1 Å². The van der Waals surface area contributed by atoms with Gasteiger partial charge in [-0.15, -0.1) is 0 Å². The molecule has 2 amide bonds. The molecule has 0 spiro atoms. The molecule has 0 saturated carbocycles. The molecule has 1 saturated heterocycles. The topological polar surface area (TPSA) is 89.9 Å². The Balaban J connectivity index is 2.18. The summed E-state index contributed by atoms with van der Waals surface area (Å²) in [7, 11) is 0. The van der Waals surface area contributed by atoms with E-state index in [9.17, 15) is 14.7 Å². The van der Waals surface area contributed by atoms with Crippen molar-refractivity contribution in [3.8, 4) is 0 Å². The zero-order valence-corrected chi connectivity index (χ0v) is 12.6. The maximum Gasteiger partial charge on any atom is 0.326 e. The summed E-state index contributed by atoms with van der Waals surface area (Å²) in [6.45, 7) is 1.73. The number of anilines is 1. The maximum absolute atomic E-state index is 12.2. The van der Waals surface area contributed by atoms with E-state index in [0.717, 1.165) is 10.5 Å². The van der Waals surface area contributed by atoms with Crippen LogP contribution in [0, 0.1) is 6.92 Å². The Morgan fingerprint density at radius 2 is 2.00 bits per heavy atom. The van der Waals surface area contributed by atoms with Crippen molar-refractivity contribution in [2.24, 2.45) is 0 Å². The molecule has 1 aliphatic heterocycles. The quantitative estimate of drug-likeness (QED) is 0.775. The second kappa shape index (κ2) is 6.09. The molecule has 0 aliphatic carbocycles. The number of hydrogen-bond acceptors (Lipinski definition) is 3. The molecular formula is C13H14Cl2N2O4. The number of nitrogens with one attached hydrogen (secondary N) is 1. The maximum atomic E-state index is 12.2. The van der Waals surface area contributed by atoms with Gasteiger partial charge in [0, 0.05) is 18.0 Å². The lowest BCUT2D eigenvalue weighted by atomic mass is 10.2. The molecule has 0 bridgehead atoms. The number of aliphatic carboxylic acids is 1. The van der Waals surface area contributed by atoms with E-state index in [1.807, 2.05) is 0 Å². The molecule has 21 heavy (non-hydrogen) atoms. The summed E-state index contributed by atoms with van der Waals surface area (Å²) in [4.78, 5) is 24.3. The molecule has 6 nitrogen and oxygen atoms in total. The molecule has 114 valence electrons. The highest BCUT2D eigenvalue weighted by Crippen LogP contribution is 2.29. The number of rotatable bonds is 2. The number of carbonyl (C=O) groups is 2. The molecule has 8 heteroatoms. The average Bonchev–Trinajstić information content (AvgIpc) is 2.78.